The van der Waals surface area contributed by atoms with Gasteiger partial charge in [0.1, 0.15) is 0 Å². The molecule has 3 aromatic rings. The minimum absolute atomic E-state index is 0.725. The number of aromatic nitrogens is 2. The normalized spacial score (nSPS) is 15.1. The van der Waals surface area contributed by atoms with Gasteiger partial charge in [-0.1, -0.05) is 46.3 Å². The van der Waals surface area contributed by atoms with Crippen LogP contribution in [0.5, 0.6) is 0 Å². The third-order valence-corrected chi connectivity index (χ3v) is 4.48. The summed E-state index contributed by atoms with van der Waals surface area (Å²) in [5, 5.41) is 1.06. The largest absolute Gasteiger partial charge is 0.378 e. The first-order valence-corrected chi connectivity index (χ1v) is 8.46. The molecule has 0 saturated carbocycles. The third-order valence-electron chi connectivity index (χ3n) is 3.99. The Morgan fingerprint density at radius 1 is 0.957 bits per heavy atom. The van der Waals surface area contributed by atoms with Gasteiger partial charge >= 0.3 is 0 Å². The summed E-state index contributed by atoms with van der Waals surface area (Å²) < 4.78 is 6.47. The number of fused-ring (bicyclic) bond motifs is 1. The SMILES string of the molecule is Brc1ccc2nc(N3CCOCC3)nc(-c3ccccc3)c2c1. The van der Waals surface area contributed by atoms with Crippen LogP contribution in [0.2, 0.25) is 0 Å². The molecule has 0 aliphatic carbocycles. The number of hydrogen-bond donors (Lipinski definition) is 0. The maximum atomic E-state index is 5.44. The van der Waals surface area contributed by atoms with Gasteiger partial charge in [-0.25, -0.2) is 9.97 Å². The van der Waals surface area contributed by atoms with Crippen LogP contribution in [0.25, 0.3) is 22.2 Å². The van der Waals surface area contributed by atoms with Gasteiger partial charge < -0.3 is 9.64 Å². The van der Waals surface area contributed by atoms with E-state index >= 15 is 0 Å². The van der Waals surface area contributed by atoms with Crippen LogP contribution in [0.1, 0.15) is 0 Å². The Morgan fingerprint density at radius 2 is 1.74 bits per heavy atom. The molecule has 4 rings (SSSR count). The van der Waals surface area contributed by atoms with E-state index in [4.69, 9.17) is 14.7 Å². The molecule has 0 bridgehead atoms. The average Bonchev–Trinajstić information content (AvgIpc) is 2.62. The maximum absolute atomic E-state index is 5.44. The lowest BCUT2D eigenvalue weighted by Gasteiger charge is -2.27. The Kier molecular flexibility index (Phi) is 3.97. The Bertz CT molecular complexity index is 832. The van der Waals surface area contributed by atoms with Gasteiger partial charge in [-0.15, -0.1) is 0 Å². The number of halogens is 1. The number of rotatable bonds is 2. The van der Waals surface area contributed by atoms with Crippen LogP contribution in [-0.2, 0) is 4.74 Å². The van der Waals surface area contributed by atoms with Crippen LogP contribution < -0.4 is 4.90 Å². The van der Waals surface area contributed by atoms with Crippen molar-refractivity contribution in [3.63, 3.8) is 0 Å². The van der Waals surface area contributed by atoms with E-state index in [9.17, 15) is 0 Å². The topological polar surface area (TPSA) is 38.2 Å². The first kappa shape index (κ1) is 14.6. The zero-order valence-electron chi connectivity index (χ0n) is 12.6. The van der Waals surface area contributed by atoms with Gasteiger partial charge in [-0.2, -0.15) is 0 Å². The van der Waals surface area contributed by atoms with Gasteiger partial charge in [0.25, 0.3) is 0 Å². The fourth-order valence-electron chi connectivity index (χ4n) is 2.81. The Morgan fingerprint density at radius 3 is 2.52 bits per heavy atom. The number of anilines is 1. The molecule has 1 aliphatic rings. The van der Waals surface area contributed by atoms with E-state index in [1.54, 1.807) is 0 Å². The van der Waals surface area contributed by atoms with Crippen molar-refractivity contribution in [1.82, 2.24) is 9.97 Å². The Hall–Kier alpha value is -1.98. The second kappa shape index (κ2) is 6.26. The van der Waals surface area contributed by atoms with E-state index < -0.39 is 0 Å². The van der Waals surface area contributed by atoms with Crippen LogP contribution >= 0.6 is 15.9 Å². The molecule has 0 spiro atoms. The van der Waals surface area contributed by atoms with Crippen molar-refractivity contribution in [2.24, 2.45) is 0 Å². The highest BCUT2D eigenvalue weighted by Gasteiger charge is 2.17. The molecule has 0 atom stereocenters. The standard InChI is InChI=1S/C18H16BrN3O/c19-14-6-7-16-15(12-14)17(13-4-2-1-3-5-13)21-18(20-16)22-8-10-23-11-9-22/h1-7,12H,8-11H2. The van der Waals surface area contributed by atoms with Crippen LogP contribution in [0.4, 0.5) is 5.95 Å². The van der Waals surface area contributed by atoms with Crippen molar-refractivity contribution in [2.75, 3.05) is 31.2 Å². The molecule has 1 saturated heterocycles. The van der Waals surface area contributed by atoms with E-state index in [0.717, 1.165) is 58.9 Å². The molecule has 2 heterocycles. The molecule has 0 N–H and O–H groups in total. The lowest BCUT2D eigenvalue weighted by molar-refractivity contribution is 0.122. The number of morpholine rings is 1. The number of ether oxygens (including phenoxy) is 1. The molecular weight excluding hydrogens is 354 g/mol. The van der Waals surface area contributed by atoms with Crippen LogP contribution in [0.3, 0.4) is 0 Å². The molecule has 5 heteroatoms. The lowest BCUT2D eigenvalue weighted by Crippen LogP contribution is -2.37. The predicted octanol–water partition coefficient (Wildman–Crippen LogP) is 3.90. The summed E-state index contributed by atoms with van der Waals surface area (Å²) in [7, 11) is 0. The maximum Gasteiger partial charge on any atom is 0.226 e. The highest BCUT2D eigenvalue weighted by Crippen LogP contribution is 2.30. The molecule has 116 valence electrons. The van der Waals surface area contributed by atoms with E-state index in [2.05, 4.69) is 39.0 Å². The minimum atomic E-state index is 0.725. The molecule has 0 amide bonds. The van der Waals surface area contributed by atoms with Gasteiger partial charge in [0.15, 0.2) is 0 Å². The molecule has 23 heavy (non-hydrogen) atoms. The van der Waals surface area contributed by atoms with Crippen molar-refractivity contribution >= 4 is 32.8 Å². The molecule has 1 fully saturated rings. The van der Waals surface area contributed by atoms with E-state index in [1.807, 2.05) is 30.3 Å². The predicted molar refractivity (Wildman–Crippen MR) is 95.7 cm³/mol. The summed E-state index contributed by atoms with van der Waals surface area (Å²) in [5.74, 6) is 0.780. The van der Waals surface area contributed by atoms with Crippen molar-refractivity contribution in [2.45, 2.75) is 0 Å². The average molecular weight is 370 g/mol. The fraction of sp³-hybridized carbons (Fsp3) is 0.222. The monoisotopic (exact) mass is 369 g/mol. The van der Waals surface area contributed by atoms with Crippen molar-refractivity contribution in [3.05, 3.63) is 53.0 Å². The van der Waals surface area contributed by atoms with Crippen LogP contribution in [0, 0.1) is 0 Å². The van der Waals surface area contributed by atoms with Gasteiger partial charge in [0, 0.05) is 28.5 Å². The van der Waals surface area contributed by atoms with E-state index in [1.165, 1.54) is 0 Å². The summed E-state index contributed by atoms with van der Waals surface area (Å²) in [4.78, 5) is 11.8. The zero-order chi connectivity index (χ0) is 15.6. The van der Waals surface area contributed by atoms with Crippen molar-refractivity contribution < 1.29 is 4.74 Å². The molecule has 0 radical (unpaired) electrons. The van der Waals surface area contributed by atoms with E-state index in [0.29, 0.717) is 0 Å². The first-order chi connectivity index (χ1) is 11.3. The van der Waals surface area contributed by atoms with Gasteiger partial charge in [-0.05, 0) is 18.2 Å². The van der Waals surface area contributed by atoms with Gasteiger partial charge in [0.2, 0.25) is 5.95 Å². The minimum Gasteiger partial charge on any atom is -0.378 e. The number of hydrogen-bond acceptors (Lipinski definition) is 4. The smallest absolute Gasteiger partial charge is 0.226 e. The fourth-order valence-corrected chi connectivity index (χ4v) is 3.17. The second-order valence-corrected chi connectivity index (χ2v) is 6.41. The Labute approximate surface area is 143 Å². The molecule has 1 aliphatic heterocycles. The number of benzene rings is 2. The molecule has 4 nitrogen and oxygen atoms in total. The summed E-state index contributed by atoms with van der Waals surface area (Å²) >= 11 is 3.55. The van der Waals surface area contributed by atoms with E-state index in [-0.39, 0.29) is 0 Å². The van der Waals surface area contributed by atoms with Crippen LogP contribution in [-0.4, -0.2) is 36.3 Å². The van der Waals surface area contributed by atoms with Gasteiger partial charge in [0.05, 0.1) is 24.4 Å². The highest BCUT2D eigenvalue weighted by atomic mass is 79.9. The lowest BCUT2D eigenvalue weighted by atomic mass is 10.1. The van der Waals surface area contributed by atoms with Crippen molar-refractivity contribution in [3.8, 4) is 11.3 Å². The molecule has 2 aromatic carbocycles. The summed E-state index contributed by atoms with van der Waals surface area (Å²) in [6.45, 7) is 3.11. The molecular formula is C18H16BrN3O. The Balaban J connectivity index is 1.91. The third kappa shape index (κ3) is 2.94. The van der Waals surface area contributed by atoms with Crippen molar-refractivity contribution in [1.29, 1.82) is 0 Å². The number of nitrogens with zero attached hydrogens (tertiary/aromatic N) is 3. The highest BCUT2D eigenvalue weighted by molar-refractivity contribution is 9.10. The molecule has 1 aromatic heterocycles. The van der Waals surface area contributed by atoms with Gasteiger partial charge in [-0.3, -0.25) is 0 Å². The second-order valence-electron chi connectivity index (χ2n) is 5.50. The van der Waals surface area contributed by atoms with Crippen LogP contribution in [0.15, 0.2) is 53.0 Å². The summed E-state index contributed by atoms with van der Waals surface area (Å²) in [5.41, 5.74) is 3.04. The summed E-state index contributed by atoms with van der Waals surface area (Å²) in [6.07, 6.45) is 0. The molecule has 0 unspecified atom stereocenters. The summed E-state index contributed by atoms with van der Waals surface area (Å²) in [6, 6.07) is 16.4. The quantitative estimate of drug-likeness (QED) is 0.686. The first-order valence-electron chi connectivity index (χ1n) is 7.67. The zero-order valence-corrected chi connectivity index (χ0v) is 14.2.